The molecule has 0 unspecified atom stereocenters. The lowest BCUT2D eigenvalue weighted by atomic mass is 10.1. The van der Waals surface area contributed by atoms with Crippen LogP contribution in [0.25, 0.3) is 21.1 Å². The van der Waals surface area contributed by atoms with Gasteiger partial charge in [0.2, 0.25) is 0 Å². The summed E-state index contributed by atoms with van der Waals surface area (Å²) in [5.74, 6) is 1.57. The van der Waals surface area contributed by atoms with Crippen LogP contribution in [0.1, 0.15) is 10.4 Å². The van der Waals surface area contributed by atoms with E-state index >= 15 is 0 Å². The predicted molar refractivity (Wildman–Crippen MR) is 98.8 cm³/mol. The summed E-state index contributed by atoms with van der Waals surface area (Å²) in [5.41, 5.74) is 3.16. The summed E-state index contributed by atoms with van der Waals surface area (Å²) in [4.78, 5) is 11.3. The predicted octanol–water partition coefficient (Wildman–Crippen LogP) is 2.97. The number of ether oxygens (including phenoxy) is 1. The molecule has 1 aliphatic heterocycles. The Morgan fingerprint density at radius 2 is 2.24 bits per heavy atom. The first-order valence-electron chi connectivity index (χ1n) is 8.07. The van der Waals surface area contributed by atoms with E-state index in [1.807, 2.05) is 12.1 Å². The fourth-order valence-electron chi connectivity index (χ4n) is 3.32. The number of rotatable bonds is 3. The Kier molecular flexibility index (Phi) is 3.32. The zero-order valence-electron chi connectivity index (χ0n) is 13.6. The van der Waals surface area contributed by atoms with Gasteiger partial charge in [-0.25, -0.2) is 9.97 Å². The van der Waals surface area contributed by atoms with Crippen LogP contribution in [0.5, 0.6) is 5.75 Å². The Balaban J connectivity index is 1.66. The van der Waals surface area contributed by atoms with Crippen LogP contribution in [-0.4, -0.2) is 33.8 Å². The highest BCUT2D eigenvalue weighted by Crippen LogP contribution is 2.38. The topological polar surface area (TPSA) is 87.8 Å². The molecule has 8 heteroatoms. The molecule has 126 valence electrons. The lowest BCUT2D eigenvalue weighted by Gasteiger charge is -2.15. The summed E-state index contributed by atoms with van der Waals surface area (Å²) >= 11 is 1.74. The second kappa shape index (κ2) is 5.68. The van der Waals surface area contributed by atoms with Crippen molar-refractivity contribution in [3.8, 4) is 5.75 Å². The third-order valence-electron chi connectivity index (χ3n) is 4.52. The smallest absolute Gasteiger partial charge is 0.144 e. The van der Waals surface area contributed by atoms with E-state index in [4.69, 9.17) is 4.74 Å². The maximum Gasteiger partial charge on any atom is 0.144 e. The second-order valence-corrected chi connectivity index (χ2v) is 7.05. The molecule has 0 spiro atoms. The number of methoxy groups -OCH3 is 1. The number of anilines is 2. The van der Waals surface area contributed by atoms with Crippen molar-refractivity contribution in [1.29, 1.82) is 0 Å². The summed E-state index contributed by atoms with van der Waals surface area (Å²) in [6, 6.07) is 3.96. The number of fused-ring (bicyclic) bond motifs is 4. The van der Waals surface area contributed by atoms with Gasteiger partial charge < -0.3 is 15.4 Å². The number of nitrogens with zero attached hydrogens (tertiary/aromatic N) is 3. The minimum Gasteiger partial charge on any atom is -0.494 e. The number of nitrogens with one attached hydrogen (secondary N) is 3. The van der Waals surface area contributed by atoms with E-state index in [-0.39, 0.29) is 0 Å². The Bertz CT molecular complexity index is 1090. The van der Waals surface area contributed by atoms with Gasteiger partial charge in [-0.05, 0) is 24.6 Å². The molecule has 0 fully saturated rings. The number of aromatic nitrogens is 4. The van der Waals surface area contributed by atoms with Gasteiger partial charge >= 0.3 is 0 Å². The first-order valence-corrected chi connectivity index (χ1v) is 8.89. The van der Waals surface area contributed by atoms with Crippen molar-refractivity contribution < 1.29 is 4.74 Å². The Labute approximate surface area is 147 Å². The van der Waals surface area contributed by atoms with E-state index in [0.717, 1.165) is 57.9 Å². The molecule has 1 aliphatic rings. The molecule has 0 radical (unpaired) electrons. The fraction of sp³-hybridized carbons (Fsp3) is 0.235. The van der Waals surface area contributed by atoms with E-state index in [2.05, 4.69) is 30.8 Å². The Morgan fingerprint density at radius 1 is 1.28 bits per heavy atom. The van der Waals surface area contributed by atoms with Gasteiger partial charge in [0, 0.05) is 22.9 Å². The third-order valence-corrected chi connectivity index (χ3v) is 5.66. The fourth-order valence-corrected chi connectivity index (χ4v) is 4.48. The van der Waals surface area contributed by atoms with E-state index < -0.39 is 0 Å². The van der Waals surface area contributed by atoms with Gasteiger partial charge in [-0.3, -0.25) is 5.10 Å². The van der Waals surface area contributed by atoms with E-state index in [0.29, 0.717) is 0 Å². The minimum absolute atomic E-state index is 0.745. The van der Waals surface area contributed by atoms with Crippen molar-refractivity contribution in [3.63, 3.8) is 0 Å². The molecule has 4 aromatic rings. The highest BCUT2D eigenvalue weighted by Gasteiger charge is 2.20. The van der Waals surface area contributed by atoms with Crippen LogP contribution in [0.3, 0.4) is 0 Å². The molecular weight excluding hydrogens is 336 g/mol. The number of thiophene rings is 1. The molecule has 0 aliphatic carbocycles. The lowest BCUT2D eigenvalue weighted by molar-refractivity contribution is 0.417. The molecule has 1 aromatic carbocycles. The molecule has 7 nitrogen and oxygen atoms in total. The first kappa shape index (κ1) is 14.6. The van der Waals surface area contributed by atoms with Gasteiger partial charge in [0.15, 0.2) is 0 Å². The molecule has 0 saturated heterocycles. The summed E-state index contributed by atoms with van der Waals surface area (Å²) in [6.07, 6.45) is 4.41. The van der Waals surface area contributed by atoms with Crippen LogP contribution in [-0.2, 0) is 13.0 Å². The van der Waals surface area contributed by atoms with Crippen molar-refractivity contribution in [2.45, 2.75) is 13.0 Å². The van der Waals surface area contributed by atoms with Crippen molar-refractivity contribution in [2.75, 3.05) is 19.0 Å². The minimum atomic E-state index is 0.745. The van der Waals surface area contributed by atoms with Gasteiger partial charge in [-0.2, -0.15) is 5.10 Å². The van der Waals surface area contributed by atoms with Gasteiger partial charge in [0.05, 0.1) is 29.9 Å². The Hall–Kier alpha value is -2.71. The molecule has 3 N–H and O–H groups in total. The van der Waals surface area contributed by atoms with Gasteiger partial charge in [0.1, 0.15) is 22.7 Å². The molecular formula is C17H16N6OS. The molecule has 3 aromatic heterocycles. The summed E-state index contributed by atoms with van der Waals surface area (Å²) < 4.78 is 5.54. The van der Waals surface area contributed by atoms with Crippen LogP contribution in [0.4, 0.5) is 11.5 Å². The van der Waals surface area contributed by atoms with Gasteiger partial charge in [-0.15, -0.1) is 11.3 Å². The molecule has 25 heavy (non-hydrogen) atoms. The van der Waals surface area contributed by atoms with Crippen molar-refractivity contribution in [1.82, 2.24) is 25.5 Å². The molecule has 0 bridgehead atoms. The largest absolute Gasteiger partial charge is 0.494 e. The Morgan fingerprint density at radius 3 is 3.16 bits per heavy atom. The van der Waals surface area contributed by atoms with Crippen LogP contribution in [0.15, 0.2) is 24.7 Å². The lowest BCUT2D eigenvalue weighted by Crippen LogP contribution is -2.22. The maximum absolute atomic E-state index is 5.54. The van der Waals surface area contributed by atoms with Crippen LogP contribution in [0, 0.1) is 0 Å². The monoisotopic (exact) mass is 352 g/mol. The normalized spacial score (nSPS) is 14.0. The standard InChI is InChI=1S/C17H16N6OS/c1-24-13-5-11-9(6-21-23-11)4-12(13)22-16-15-10-2-3-18-7-14(10)25-17(15)20-8-19-16/h4-6,8,18H,2-3,7H2,1H3,(H,21,23)(H,19,20,22). The summed E-state index contributed by atoms with van der Waals surface area (Å²) in [5, 5.41) is 16.1. The van der Waals surface area contributed by atoms with Crippen LogP contribution >= 0.6 is 11.3 Å². The maximum atomic E-state index is 5.54. The number of hydrogen-bond donors (Lipinski definition) is 3. The van der Waals surface area contributed by atoms with E-state index in [1.165, 1.54) is 10.4 Å². The summed E-state index contributed by atoms with van der Waals surface area (Å²) in [6.45, 7) is 1.89. The second-order valence-electron chi connectivity index (χ2n) is 5.97. The number of hydrogen-bond acceptors (Lipinski definition) is 7. The molecule has 0 amide bonds. The van der Waals surface area contributed by atoms with E-state index in [9.17, 15) is 0 Å². The SMILES string of the molecule is COc1cc2[nH]ncc2cc1Nc1ncnc2sc3c(c12)CCNC3. The van der Waals surface area contributed by atoms with Gasteiger partial charge in [-0.1, -0.05) is 0 Å². The highest BCUT2D eigenvalue weighted by atomic mass is 32.1. The van der Waals surface area contributed by atoms with Crippen LogP contribution in [0.2, 0.25) is 0 Å². The quantitative estimate of drug-likeness (QED) is 0.525. The number of H-pyrrole nitrogens is 1. The number of aromatic amines is 1. The highest BCUT2D eigenvalue weighted by molar-refractivity contribution is 7.19. The van der Waals surface area contributed by atoms with Crippen molar-refractivity contribution in [2.24, 2.45) is 0 Å². The average molecular weight is 352 g/mol. The number of benzene rings is 1. The third kappa shape index (κ3) is 2.33. The molecule has 5 rings (SSSR count). The zero-order chi connectivity index (χ0) is 16.8. The van der Waals surface area contributed by atoms with Crippen LogP contribution < -0.4 is 15.4 Å². The van der Waals surface area contributed by atoms with Gasteiger partial charge in [0.25, 0.3) is 0 Å². The van der Waals surface area contributed by atoms with Crippen molar-refractivity contribution in [3.05, 3.63) is 35.1 Å². The molecule has 4 heterocycles. The van der Waals surface area contributed by atoms with Crippen molar-refractivity contribution >= 4 is 44.0 Å². The molecule has 0 atom stereocenters. The zero-order valence-corrected chi connectivity index (χ0v) is 14.4. The van der Waals surface area contributed by atoms with E-state index in [1.54, 1.807) is 31.0 Å². The molecule has 0 saturated carbocycles. The average Bonchev–Trinajstić information content (AvgIpc) is 3.24. The summed E-state index contributed by atoms with van der Waals surface area (Å²) in [7, 11) is 1.66. The first-order chi connectivity index (χ1) is 12.3.